The first kappa shape index (κ1) is 26.5. The van der Waals surface area contributed by atoms with Crippen LogP contribution in [0.2, 0.25) is 0 Å². The topological polar surface area (TPSA) is 0 Å². The third-order valence-electron chi connectivity index (χ3n) is 6.70. The zero-order valence-electron chi connectivity index (χ0n) is 21.5. The molecule has 0 unspecified atom stereocenters. The van der Waals surface area contributed by atoms with Crippen LogP contribution in [0.5, 0.6) is 0 Å². The van der Waals surface area contributed by atoms with Crippen LogP contribution in [0.25, 0.3) is 39.0 Å². The Morgan fingerprint density at radius 1 is 0.500 bits per heavy atom. The van der Waals surface area contributed by atoms with E-state index in [0.717, 1.165) is 36.3 Å². The van der Waals surface area contributed by atoms with Crippen LogP contribution in [0, 0.1) is 0 Å². The lowest BCUT2D eigenvalue weighted by atomic mass is 10.1. The van der Waals surface area contributed by atoms with Gasteiger partial charge >= 0.3 is 0 Å². The number of aryl methyl sites for hydroxylation is 5. The Kier molecular flexibility index (Phi) is 8.31. The molecule has 0 bridgehead atoms. The molecule has 0 aliphatic carbocycles. The van der Waals surface area contributed by atoms with E-state index in [1.54, 1.807) is 0 Å². The van der Waals surface area contributed by atoms with Crippen LogP contribution in [-0.4, -0.2) is 0 Å². The van der Waals surface area contributed by atoms with Crippen molar-refractivity contribution in [2.75, 3.05) is 0 Å². The molecule has 0 N–H and O–H groups in total. The summed E-state index contributed by atoms with van der Waals surface area (Å²) in [5.41, 5.74) is 7.29. The zero-order chi connectivity index (χ0) is 25.4. The minimum absolute atomic E-state index is 1.05. The lowest BCUT2D eigenvalue weighted by Crippen LogP contribution is -1.79. The van der Waals surface area contributed by atoms with Gasteiger partial charge in [0.25, 0.3) is 0 Å². The Bertz CT molecular complexity index is 1480. The summed E-state index contributed by atoms with van der Waals surface area (Å²) in [6, 6.07) is 12.0. The maximum Gasteiger partial charge on any atom is 0.0577 e. The van der Waals surface area contributed by atoms with Crippen molar-refractivity contribution in [3.8, 4) is 39.0 Å². The van der Waals surface area contributed by atoms with Crippen LogP contribution in [0.4, 0.5) is 0 Å². The molecule has 0 aliphatic heterocycles. The molecule has 188 valence electrons. The lowest BCUT2D eigenvalue weighted by Gasteiger charge is -1.97. The predicted octanol–water partition coefficient (Wildman–Crippen LogP) is 11.8. The van der Waals surface area contributed by atoms with Crippen molar-refractivity contribution in [1.29, 1.82) is 0 Å². The van der Waals surface area contributed by atoms with Gasteiger partial charge in [-0.2, -0.15) is 0 Å². The smallest absolute Gasteiger partial charge is 0.0577 e. The van der Waals surface area contributed by atoms with Gasteiger partial charge in [-0.3, -0.25) is 0 Å². The van der Waals surface area contributed by atoms with Gasteiger partial charge in [0.05, 0.1) is 4.21 Å². The van der Waals surface area contributed by atoms with E-state index in [1.807, 2.05) is 56.7 Å². The minimum Gasteiger partial charge on any atom is -0.143 e. The molecule has 6 heteroatoms. The maximum atomic E-state index is 4.65. The molecule has 0 radical (unpaired) electrons. The summed E-state index contributed by atoms with van der Waals surface area (Å²) in [5.74, 6) is 0. The molecule has 0 spiro atoms. The van der Waals surface area contributed by atoms with Crippen molar-refractivity contribution in [1.82, 2.24) is 0 Å². The van der Waals surface area contributed by atoms with E-state index in [-0.39, 0.29) is 0 Å². The molecule has 5 rings (SSSR count). The fourth-order valence-electron chi connectivity index (χ4n) is 4.60. The zero-order valence-corrected chi connectivity index (χ0v) is 26.5. The number of thiophene rings is 5. The van der Waals surface area contributed by atoms with E-state index in [2.05, 4.69) is 83.0 Å². The molecule has 5 aromatic rings. The molecule has 0 saturated heterocycles. The van der Waals surface area contributed by atoms with E-state index in [1.165, 1.54) is 66.8 Å². The van der Waals surface area contributed by atoms with Crippen molar-refractivity contribution < 1.29 is 0 Å². The first-order valence-electron chi connectivity index (χ1n) is 12.8. The molecule has 0 amide bonds. The second-order valence-electron chi connectivity index (χ2n) is 8.92. The largest absolute Gasteiger partial charge is 0.143 e. The third kappa shape index (κ3) is 4.97. The summed E-state index contributed by atoms with van der Waals surface area (Å²) < 4.78 is 1.11. The standard InChI is InChI=1S/C30H32S6/c1-6-17-11-22(32-16-17)27-18(7-2)12-23(33-27)28-19(8-3)13-24(34-28)29-20(9-4)14-25(35-29)30-21(10-5)15-26(31)36-30/h11-16,31H,6-10H2,1-5H3. The average molecular weight is 585 g/mol. The minimum atomic E-state index is 1.05. The van der Waals surface area contributed by atoms with Gasteiger partial charge < -0.3 is 0 Å². The molecule has 5 heterocycles. The van der Waals surface area contributed by atoms with E-state index < -0.39 is 0 Å². The summed E-state index contributed by atoms with van der Waals surface area (Å²) in [4.78, 5) is 11.5. The third-order valence-corrected chi connectivity index (χ3v) is 13.3. The van der Waals surface area contributed by atoms with Gasteiger partial charge in [0, 0.05) is 39.0 Å². The molecule has 0 aliphatic rings. The molecular formula is C30H32S6. The Labute approximate surface area is 241 Å². The van der Waals surface area contributed by atoms with Crippen molar-refractivity contribution >= 4 is 69.3 Å². The predicted molar refractivity (Wildman–Crippen MR) is 172 cm³/mol. The van der Waals surface area contributed by atoms with Crippen molar-refractivity contribution in [3.05, 3.63) is 63.5 Å². The molecule has 36 heavy (non-hydrogen) atoms. The van der Waals surface area contributed by atoms with Gasteiger partial charge in [0.2, 0.25) is 0 Å². The Morgan fingerprint density at radius 2 is 0.917 bits per heavy atom. The van der Waals surface area contributed by atoms with E-state index in [9.17, 15) is 0 Å². The lowest BCUT2D eigenvalue weighted by molar-refractivity contribution is 1.15. The highest BCUT2D eigenvalue weighted by atomic mass is 32.2. The second kappa shape index (κ2) is 11.3. The second-order valence-corrected chi connectivity index (χ2v) is 14.8. The summed E-state index contributed by atoms with van der Waals surface area (Å²) in [6.45, 7) is 11.4. The van der Waals surface area contributed by atoms with Crippen molar-refractivity contribution in [2.45, 2.75) is 70.9 Å². The summed E-state index contributed by atoms with van der Waals surface area (Å²) in [6.07, 6.45) is 5.35. The SMILES string of the molecule is CCc1csc(-c2sc(-c3sc(-c4sc(-c5sc(S)cc5CC)cc4CC)cc3CC)cc2CC)c1. The Balaban J connectivity index is 1.57. The van der Waals surface area contributed by atoms with Gasteiger partial charge in [-0.05, 0) is 95.6 Å². The van der Waals surface area contributed by atoms with Gasteiger partial charge in [-0.1, -0.05) is 34.6 Å². The normalized spacial score (nSPS) is 11.6. The van der Waals surface area contributed by atoms with Crippen LogP contribution in [0.3, 0.4) is 0 Å². The fraction of sp³-hybridized carbons (Fsp3) is 0.333. The van der Waals surface area contributed by atoms with Crippen LogP contribution in [0.1, 0.15) is 62.4 Å². The number of rotatable bonds is 9. The van der Waals surface area contributed by atoms with E-state index in [4.69, 9.17) is 0 Å². The number of hydrogen-bond donors (Lipinski definition) is 1. The summed E-state index contributed by atoms with van der Waals surface area (Å²) in [5, 5.41) is 2.32. The highest BCUT2D eigenvalue weighted by Gasteiger charge is 2.21. The van der Waals surface area contributed by atoms with Gasteiger partial charge in [-0.15, -0.1) is 69.3 Å². The molecule has 0 fully saturated rings. The highest BCUT2D eigenvalue weighted by molar-refractivity contribution is 7.83. The quantitative estimate of drug-likeness (QED) is 0.164. The van der Waals surface area contributed by atoms with E-state index in [0.29, 0.717) is 0 Å². The average Bonchev–Trinajstić information content (AvgIpc) is 3.70. The maximum absolute atomic E-state index is 4.65. The monoisotopic (exact) mass is 584 g/mol. The summed E-state index contributed by atoms with van der Waals surface area (Å²) >= 11 is 14.3. The van der Waals surface area contributed by atoms with Crippen molar-refractivity contribution in [2.24, 2.45) is 0 Å². The Morgan fingerprint density at radius 3 is 1.33 bits per heavy atom. The van der Waals surface area contributed by atoms with Crippen LogP contribution in [-0.2, 0) is 32.1 Å². The van der Waals surface area contributed by atoms with Crippen LogP contribution >= 0.6 is 69.3 Å². The molecule has 5 aromatic heterocycles. The van der Waals surface area contributed by atoms with E-state index >= 15 is 0 Å². The summed E-state index contributed by atoms with van der Waals surface area (Å²) in [7, 11) is 0. The molecule has 0 saturated carbocycles. The van der Waals surface area contributed by atoms with Crippen LogP contribution < -0.4 is 0 Å². The molecule has 0 aromatic carbocycles. The molecule has 0 nitrogen and oxygen atoms in total. The van der Waals surface area contributed by atoms with Gasteiger partial charge in [0.15, 0.2) is 0 Å². The first-order chi connectivity index (χ1) is 17.5. The Hall–Kier alpha value is -1.15. The van der Waals surface area contributed by atoms with Crippen LogP contribution in [0.15, 0.2) is 39.9 Å². The molecular weight excluding hydrogens is 553 g/mol. The van der Waals surface area contributed by atoms with Gasteiger partial charge in [0.1, 0.15) is 0 Å². The fourth-order valence-corrected chi connectivity index (χ4v) is 11.3. The molecule has 0 atom stereocenters. The van der Waals surface area contributed by atoms with Gasteiger partial charge in [-0.25, -0.2) is 0 Å². The first-order valence-corrected chi connectivity index (χ1v) is 17.4. The van der Waals surface area contributed by atoms with Crippen molar-refractivity contribution in [3.63, 3.8) is 0 Å². The highest BCUT2D eigenvalue weighted by Crippen LogP contribution is 2.50. The number of hydrogen-bond acceptors (Lipinski definition) is 6. The number of thiol groups is 1.